The maximum Gasteiger partial charge on any atom is 0.341 e. The zero-order chi connectivity index (χ0) is 14.4. The Morgan fingerprint density at radius 3 is 2.33 bits per heavy atom. The molecule has 0 aliphatic rings. The highest BCUT2D eigenvalue weighted by atomic mass is 16.6. The van der Waals surface area contributed by atoms with Crippen LogP contribution in [0.25, 0.3) is 0 Å². The largest absolute Gasteiger partial charge is 0.392 e. The molecule has 0 saturated carbocycles. The first kappa shape index (κ1) is 18.5. The van der Waals surface area contributed by atoms with Gasteiger partial charge < -0.3 is 4.74 Å². The van der Waals surface area contributed by atoms with E-state index in [2.05, 4.69) is 11.3 Å². The van der Waals surface area contributed by atoms with Crippen LogP contribution in [0.1, 0.15) is 34.1 Å². The van der Waals surface area contributed by atoms with Gasteiger partial charge in [-0.05, 0) is 19.4 Å². The lowest BCUT2D eigenvalue weighted by molar-refractivity contribution is -0.148. The fourth-order valence-electron chi connectivity index (χ4n) is 1.03. The normalized spacial score (nSPS) is 11.6. The number of hydrogen-bond donors (Lipinski definition) is 0. The third-order valence-corrected chi connectivity index (χ3v) is 1.81. The molecule has 0 radical (unpaired) electrons. The van der Waals surface area contributed by atoms with E-state index in [1.807, 2.05) is 39.8 Å². The van der Waals surface area contributed by atoms with Gasteiger partial charge in [-0.3, -0.25) is 4.79 Å². The van der Waals surface area contributed by atoms with Gasteiger partial charge in [0.1, 0.15) is 0 Å². The molecular weight excluding hydrogens is 228 g/mol. The van der Waals surface area contributed by atoms with Gasteiger partial charge in [0, 0.05) is 5.57 Å². The van der Waals surface area contributed by atoms with Crippen molar-refractivity contribution in [2.45, 2.75) is 34.1 Å². The molecule has 0 aromatic heterocycles. The van der Waals surface area contributed by atoms with Crippen LogP contribution in [0, 0.1) is 0 Å². The molecule has 0 rings (SSSR count). The average Bonchev–Trinajstić information content (AvgIpc) is 2.39. The van der Waals surface area contributed by atoms with E-state index >= 15 is 0 Å². The van der Waals surface area contributed by atoms with Gasteiger partial charge in [-0.25, -0.2) is 4.79 Å². The summed E-state index contributed by atoms with van der Waals surface area (Å²) in [6, 6.07) is 0. The molecule has 0 amide bonds. The van der Waals surface area contributed by atoms with Gasteiger partial charge in [0.15, 0.2) is 0 Å². The van der Waals surface area contributed by atoms with E-state index in [-0.39, 0.29) is 6.47 Å². The van der Waals surface area contributed by atoms with Crippen molar-refractivity contribution < 1.29 is 14.3 Å². The van der Waals surface area contributed by atoms with Gasteiger partial charge in [-0.2, -0.15) is 0 Å². The number of carbonyl (C=O) groups is 2. The molecule has 0 bridgehead atoms. The SMILES string of the molecule is C=C\C=C/C=C(C)/C=C(\CC)C(=O)OC=O.CC. The maximum atomic E-state index is 11.3. The summed E-state index contributed by atoms with van der Waals surface area (Å²) in [4.78, 5) is 21.3. The minimum Gasteiger partial charge on any atom is -0.392 e. The fraction of sp³-hybridized carbons (Fsp3) is 0.333. The average molecular weight is 250 g/mol. The second-order valence-corrected chi connectivity index (χ2v) is 3.06. The van der Waals surface area contributed by atoms with Crippen LogP contribution in [-0.2, 0) is 14.3 Å². The fourth-order valence-corrected chi connectivity index (χ4v) is 1.03. The second-order valence-electron chi connectivity index (χ2n) is 3.06. The van der Waals surface area contributed by atoms with Gasteiger partial charge in [0.25, 0.3) is 0 Å². The van der Waals surface area contributed by atoms with E-state index in [0.29, 0.717) is 12.0 Å². The van der Waals surface area contributed by atoms with Crippen molar-refractivity contribution in [3.05, 3.63) is 48.1 Å². The van der Waals surface area contributed by atoms with E-state index in [9.17, 15) is 9.59 Å². The van der Waals surface area contributed by atoms with E-state index in [1.54, 1.807) is 18.2 Å². The molecule has 3 nitrogen and oxygen atoms in total. The Labute approximate surface area is 110 Å². The number of ether oxygens (including phenoxy) is 1. The lowest BCUT2D eigenvalue weighted by Gasteiger charge is -2.00. The monoisotopic (exact) mass is 250 g/mol. The molecule has 0 spiro atoms. The molecule has 0 aliphatic heterocycles. The minimum absolute atomic E-state index is 0.141. The molecule has 0 aromatic carbocycles. The van der Waals surface area contributed by atoms with Crippen molar-refractivity contribution >= 4 is 12.4 Å². The molecule has 3 heteroatoms. The standard InChI is InChI=1S/C13H16O3.C2H6/c1-4-6-7-8-11(3)9-12(5-2)13(15)16-10-14;1-2/h4,6-10H,1,5H2,2-3H3;1-2H3/b7-6-,11-8+,12-9+;. The van der Waals surface area contributed by atoms with Crippen LogP contribution in [0.2, 0.25) is 0 Å². The zero-order valence-corrected chi connectivity index (χ0v) is 11.6. The number of carbonyl (C=O) groups excluding carboxylic acids is 2. The van der Waals surface area contributed by atoms with Crippen LogP contribution in [0.3, 0.4) is 0 Å². The van der Waals surface area contributed by atoms with Crippen molar-refractivity contribution in [3.63, 3.8) is 0 Å². The Morgan fingerprint density at radius 2 is 1.89 bits per heavy atom. The van der Waals surface area contributed by atoms with Crippen LogP contribution >= 0.6 is 0 Å². The van der Waals surface area contributed by atoms with E-state index < -0.39 is 5.97 Å². The van der Waals surface area contributed by atoms with Gasteiger partial charge in [0.2, 0.25) is 0 Å². The lowest BCUT2D eigenvalue weighted by atomic mass is 10.1. The summed E-state index contributed by atoms with van der Waals surface area (Å²) in [6.45, 7) is 11.4. The molecular formula is C15H22O3. The van der Waals surface area contributed by atoms with Crippen LogP contribution in [0.15, 0.2) is 48.1 Å². The molecule has 0 N–H and O–H groups in total. The van der Waals surface area contributed by atoms with Crippen molar-refractivity contribution in [1.29, 1.82) is 0 Å². The summed E-state index contributed by atoms with van der Waals surface area (Å²) in [5, 5.41) is 0. The van der Waals surface area contributed by atoms with Crippen LogP contribution in [0.4, 0.5) is 0 Å². The maximum absolute atomic E-state index is 11.3. The lowest BCUT2D eigenvalue weighted by Crippen LogP contribution is -2.06. The highest BCUT2D eigenvalue weighted by molar-refractivity contribution is 5.92. The van der Waals surface area contributed by atoms with Crippen LogP contribution in [0.5, 0.6) is 0 Å². The summed E-state index contributed by atoms with van der Waals surface area (Å²) < 4.78 is 4.27. The summed E-state index contributed by atoms with van der Waals surface area (Å²) >= 11 is 0. The molecule has 0 aromatic rings. The van der Waals surface area contributed by atoms with Gasteiger partial charge in [-0.1, -0.05) is 57.2 Å². The summed E-state index contributed by atoms with van der Waals surface area (Å²) in [5.41, 5.74) is 1.37. The first-order valence-electron chi connectivity index (χ1n) is 5.96. The number of allylic oxidation sites excluding steroid dienone is 6. The van der Waals surface area contributed by atoms with Gasteiger partial charge in [0.05, 0.1) is 0 Å². The smallest absolute Gasteiger partial charge is 0.341 e. The molecule has 0 saturated heterocycles. The first-order valence-corrected chi connectivity index (χ1v) is 5.96. The molecule has 0 unspecified atom stereocenters. The van der Waals surface area contributed by atoms with Crippen molar-refractivity contribution in [1.82, 2.24) is 0 Å². The Hall–Kier alpha value is -1.90. The Morgan fingerprint density at radius 1 is 1.28 bits per heavy atom. The van der Waals surface area contributed by atoms with Crippen molar-refractivity contribution in [3.8, 4) is 0 Å². The molecule has 0 heterocycles. The van der Waals surface area contributed by atoms with E-state index in [4.69, 9.17) is 0 Å². The van der Waals surface area contributed by atoms with E-state index in [1.165, 1.54) is 0 Å². The van der Waals surface area contributed by atoms with E-state index in [0.717, 1.165) is 5.57 Å². The highest BCUT2D eigenvalue weighted by Crippen LogP contribution is 2.08. The predicted octanol–water partition coefficient (Wildman–Crippen LogP) is 3.74. The Bertz CT molecular complexity index is 347. The Balaban J connectivity index is 0. The minimum atomic E-state index is -0.599. The third-order valence-electron chi connectivity index (χ3n) is 1.81. The topological polar surface area (TPSA) is 43.4 Å². The van der Waals surface area contributed by atoms with Crippen molar-refractivity contribution in [2.24, 2.45) is 0 Å². The number of rotatable bonds is 6. The van der Waals surface area contributed by atoms with Crippen LogP contribution in [-0.4, -0.2) is 12.4 Å². The molecule has 100 valence electrons. The van der Waals surface area contributed by atoms with Gasteiger partial charge in [-0.15, -0.1) is 0 Å². The Kier molecular flexibility index (Phi) is 13.5. The highest BCUT2D eigenvalue weighted by Gasteiger charge is 2.07. The van der Waals surface area contributed by atoms with Crippen LogP contribution < -0.4 is 0 Å². The molecule has 0 fully saturated rings. The molecule has 0 aliphatic carbocycles. The quantitative estimate of drug-likeness (QED) is 0.237. The van der Waals surface area contributed by atoms with Crippen molar-refractivity contribution in [2.75, 3.05) is 0 Å². The summed E-state index contributed by atoms with van der Waals surface area (Å²) in [6.07, 6.45) is 9.31. The summed E-state index contributed by atoms with van der Waals surface area (Å²) in [7, 11) is 0. The first-order chi connectivity index (χ1) is 8.65. The summed E-state index contributed by atoms with van der Waals surface area (Å²) in [5.74, 6) is -0.599. The predicted molar refractivity (Wildman–Crippen MR) is 75.0 cm³/mol. The zero-order valence-electron chi connectivity index (χ0n) is 11.6. The third kappa shape index (κ3) is 9.33. The number of hydrogen-bond acceptors (Lipinski definition) is 3. The second kappa shape index (κ2) is 13.2. The number of esters is 1. The molecule has 18 heavy (non-hydrogen) atoms. The molecule has 0 atom stereocenters. The van der Waals surface area contributed by atoms with Gasteiger partial charge >= 0.3 is 12.4 Å².